The van der Waals surface area contributed by atoms with Gasteiger partial charge in [-0.15, -0.1) is 16.9 Å². The molecule has 7 heteroatoms. The first kappa shape index (κ1) is 19.0. The summed E-state index contributed by atoms with van der Waals surface area (Å²) in [5.41, 5.74) is 3.55. The number of methoxy groups -OCH3 is 1. The highest BCUT2D eigenvalue weighted by Crippen LogP contribution is 2.21. The second-order valence-electron chi connectivity index (χ2n) is 6.11. The smallest absolute Gasteiger partial charge is 0.322 e. The van der Waals surface area contributed by atoms with Gasteiger partial charge in [-0.3, -0.25) is 10.1 Å². The summed E-state index contributed by atoms with van der Waals surface area (Å²) in [5.74, 6) is 1.31. The van der Waals surface area contributed by atoms with Gasteiger partial charge in [0.05, 0.1) is 19.3 Å². The Morgan fingerprint density at radius 3 is 2.59 bits per heavy atom. The maximum absolute atomic E-state index is 12.1. The molecule has 3 rings (SSSR count). The number of aromatic nitrogens is 2. The van der Waals surface area contributed by atoms with E-state index in [0.717, 1.165) is 16.2 Å². The number of amides is 1. The fourth-order valence-corrected chi connectivity index (χ4v) is 3.14. The van der Waals surface area contributed by atoms with Gasteiger partial charge in [-0.1, -0.05) is 23.3 Å². The molecule has 0 saturated heterocycles. The average molecular weight is 383 g/mol. The van der Waals surface area contributed by atoms with Crippen molar-refractivity contribution in [3.63, 3.8) is 0 Å². The number of hydrogen-bond donors (Lipinski definition) is 1. The zero-order chi connectivity index (χ0) is 19.2. The standard InChI is InChI=1S/C20H21N3O3S/c1-13-4-5-15(10-14(13)2)11-19-22-23-20(26-19)21-18(24)12-27-17-8-6-16(25-3)7-9-17/h4-10H,11-12H2,1-3H3,(H,21,23,24). The number of hydrogen-bond acceptors (Lipinski definition) is 6. The summed E-state index contributed by atoms with van der Waals surface area (Å²) in [4.78, 5) is 13.1. The first-order valence-electron chi connectivity index (χ1n) is 8.48. The molecule has 1 N–H and O–H groups in total. The molecule has 3 aromatic rings. The van der Waals surface area contributed by atoms with Crippen LogP contribution < -0.4 is 10.1 Å². The largest absolute Gasteiger partial charge is 0.497 e. The third kappa shape index (κ3) is 5.34. The van der Waals surface area contributed by atoms with Crippen molar-refractivity contribution >= 4 is 23.7 Å². The average Bonchev–Trinajstić information content (AvgIpc) is 3.10. The first-order valence-corrected chi connectivity index (χ1v) is 9.47. The molecule has 0 fully saturated rings. The number of benzene rings is 2. The van der Waals surface area contributed by atoms with Crippen molar-refractivity contribution in [3.8, 4) is 5.75 Å². The van der Waals surface area contributed by atoms with Crippen LogP contribution in [0.15, 0.2) is 51.8 Å². The van der Waals surface area contributed by atoms with Crippen LogP contribution in [0.1, 0.15) is 22.6 Å². The van der Waals surface area contributed by atoms with Gasteiger partial charge >= 0.3 is 6.01 Å². The predicted molar refractivity (Wildman–Crippen MR) is 105 cm³/mol. The Hall–Kier alpha value is -2.80. The number of aryl methyl sites for hydroxylation is 2. The van der Waals surface area contributed by atoms with Crippen molar-refractivity contribution in [2.45, 2.75) is 25.2 Å². The Bertz CT molecular complexity index is 922. The van der Waals surface area contributed by atoms with E-state index in [1.165, 1.54) is 22.9 Å². The maximum Gasteiger partial charge on any atom is 0.322 e. The zero-order valence-corrected chi connectivity index (χ0v) is 16.3. The van der Waals surface area contributed by atoms with Crippen molar-refractivity contribution in [3.05, 3.63) is 65.0 Å². The van der Waals surface area contributed by atoms with Crippen LogP contribution in [-0.4, -0.2) is 29.0 Å². The van der Waals surface area contributed by atoms with Crippen LogP contribution in [-0.2, 0) is 11.2 Å². The van der Waals surface area contributed by atoms with Gasteiger partial charge in [-0.05, 0) is 54.8 Å². The van der Waals surface area contributed by atoms with Crippen LogP contribution >= 0.6 is 11.8 Å². The first-order chi connectivity index (χ1) is 13.0. The molecule has 0 aliphatic carbocycles. The molecule has 0 aliphatic heterocycles. The number of carbonyl (C=O) groups excluding carboxylic acids is 1. The lowest BCUT2D eigenvalue weighted by Crippen LogP contribution is -2.14. The lowest BCUT2D eigenvalue weighted by Gasteiger charge is -2.03. The molecule has 0 aliphatic rings. The molecule has 2 aromatic carbocycles. The van der Waals surface area contributed by atoms with E-state index >= 15 is 0 Å². The normalized spacial score (nSPS) is 10.6. The van der Waals surface area contributed by atoms with Crippen molar-refractivity contribution in [2.24, 2.45) is 0 Å². The molecule has 140 valence electrons. The number of carbonyl (C=O) groups is 1. The SMILES string of the molecule is COc1ccc(SCC(=O)Nc2nnc(Cc3ccc(C)c(C)c3)o2)cc1. The summed E-state index contributed by atoms with van der Waals surface area (Å²) in [6, 6.07) is 13.9. The molecule has 0 atom stereocenters. The summed E-state index contributed by atoms with van der Waals surface area (Å²) in [5, 5.41) is 10.5. The van der Waals surface area contributed by atoms with Crippen molar-refractivity contribution in [1.29, 1.82) is 0 Å². The van der Waals surface area contributed by atoms with Crippen LogP contribution in [0.2, 0.25) is 0 Å². The van der Waals surface area contributed by atoms with Gasteiger partial charge in [-0.25, -0.2) is 0 Å². The Morgan fingerprint density at radius 2 is 1.89 bits per heavy atom. The second-order valence-corrected chi connectivity index (χ2v) is 7.16. The van der Waals surface area contributed by atoms with Crippen molar-refractivity contribution in [2.75, 3.05) is 18.2 Å². The van der Waals surface area contributed by atoms with Gasteiger partial charge < -0.3 is 9.15 Å². The van der Waals surface area contributed by atoms with E-state index in [9.17, 15) is 4.79 Å². The fourth-order valence-electron chi connectivity index (χ4n) is 2.44. The predicted octanol–water partition coefficient (Wildman–Crippen LogP) is 4.02. The number of nitrogens with zero attached hydrogens (tertiary/aromatic N) is 2. The second kappa shape index (κ2) is 8.73. The number of nitrogens with one attached hydrogen (secondary N) is 1. The molecule has 0 radical (unpaired) electrons. The molecule has 0 spiro atoms. The van der Waals surface area contributed by atoms with E-state index in [-0.39, 0.29) is 17.7 Å². The molecule has 6 nitrogen and oxygen atoms in total. The fraction of sp³-hybridized carbons (Fsp3) is 0.250. The van der Waals surface area contributed by atoms with Gasteiger partial charge in [0.25, 0.3) is 0 Å². The van der Waals surface area contributed by atoms with Crippen LogP contribution in [0.4, 0.5) is 6.01 Å². The lowest BCUT2D eigenvalue weighted by atomic mass is 10.0. The highest BCUT2D eigenvalue weighted by molar-refractivity contribution is 8.00. The van der Waals surface area contributed by atoms with Crippen LogP contribution in [0, 0.1) is 13.8 Å². The van der Waals surface area contributed by atoms with Crippen LogP contribution in [0.25, 0.3) is 0 Å². The van der Waals surface area contributed by atoms with E-state index in [1.807, 2.05) is 30.3 Å². The highest BCUT2D eigenvalue weighted by Gasteiger charge is 2.11. The van der Waals surface area contributed by atoms with Crippen molar-refractivity contribution < 1.29 is 13.9 Å². The van der Waals surface area contributed by atoms with E-state index in [1.54, 1.807) is 7.11 Å². The van der Waals surface area contributed by atoms with Crippen molar-refractivity contribution in [1.82, 2.24) is 10.2 Å². The molecule has 27 heavy (non-hydrogen) atoms. The van der Waals surface area contributed by atoms with E-state index < -0.39 is 0 Å². The minimum atomic E-state index is -0.197. The third-order valence-corrected chi connectivity index (χ3v) is 5.08. The van der Waals surface area contributed by atoms with E-state index in [2.05, 4.69) is 41.5 Å². The Balaban J connectivity index is 1.51. The summed E-state index contributed by atoms with van der Waals surface area (Å²) in [6.07, 6.45) is 0.532. The van der Waals surface area contributed by atoms with E-state index in [4.69, 9.17) is 9.15 Å². The summed E-state index contributed by atoms with van der Waals surface area (Å²) >= 11 is 1.42. The Labute approximate surface area is 162 Å². The maximum atomic E-state index is 12.1. The number of thioether (sulfide) groups is 1. The van der Waals surface area contributed by atoms with Gasteiger partial charge in [0.2, 0.25) is 11.8 Å². The van der Waals surface area contributed by atoms with Gasteiger partial charge in [0.15, 0.2) is 0 Å². The molecule has 1 heterocycles. The lowest BCUT2D eigenvalue weighted by molar-refractivity contribution is -0.113. The number of anilines is 1. The monoisotopic (exact) mass is 383 g/mol. The zero-order valence-electron chi connectivity index (χ0n) is 15.5. The summed E-state index contributed by atoms with van der Waals surface area (Å²) in [7, 11) is 1.62. The summed E-state index contributed by atoms with van der Waals surface area (Å²) in [6.45, 7) is 4.14. The van der Waals surface area contributed by atoms with Gasteiger partial charge in [0, 0.05) is 4.90 Å². The van der Waals surface area contributed by atoms with Crippen LogP contribution in [0.5, 0.6) is 5.75 Å². The highest BCUT2D eigenvalue weighted by atomic mass is 32.2. The minimum absolute atomic E-state index is 0.120. The van der Waals surface area contributed by atoms with Gasteiger partial charge in [-0.2, -0.15) is 0 Å². The third-order valence-electron chi connectivity index (χ3n) is 4.07. The molecule has 1 aromatic heterocycles. The molecule has 0 bridgehead atoms. The number of rotatable bonds is 7. The minimum Gasteiger partial charge on any atom is -0.497 e. The van der Waals surface area contributed by atoms with E-state index in [0.29, 0.717) is 12.3 Å². The molecule has 0 saturated carbocycles. The Kier molecular flexibility index (Phi) is 6.13. The molecular formula is C20H21N3O3S. The Morgan fingerprint density at radius 1 is 1.11 bits per heavy atom. The molecule has 1 amide bonds. The number of ether oxygens (including phenoxy) is 1. The van der Waals surface area contributed by atoms with Gasteiger partial charge in [0.1, 0.15) is 5.75 Å². The summed E-state index contributed by atoms with van der Waals surface area (Å²) < 4.78 is 10.6. The van der Waals surface area contributed by atoms with Crippen LogP contribution in [0.3, 0.4) is 0 Å². The topological polar surface area (TPSA) is 77.2 Å². The quantitative estimate of drug-likeness (QED) is 0.621. The molecule has 0 unspecified atom stereocenters. The molecular weight excluding hydrogens is 362 g/mol.